The summed E-state index contributed by atoms with van der Waals surface area (Å²) in [6.45, 7) is 4.18. The van der Waals surface area contributed by atoms with Crippen molar-refractivity contribution < 1.29 is 4.79 Å². The lowest BCUT2D eigenvalue weighted by Crippen LogP contribution is -2.37. The van der Waals surface area contributed by atoms with E-state index in [0.29, 0.717) is 18.9 Å². The Bertz CT molecular complexity index is 349. The minimum absolute atomic E-state index is 0.184. The van der Waals surface area contributed by atoms with Gasteiger partial charge in [0.2, 0.25) is 5.91 Å². The highest BCUT2D eigenvalue weighted by atomic mass is 16.2. The fourth-order valence-electron chi connectivity index (χ4n) is 2.17. The Labute approximate surface area is 95.2 Å². The number of carbonyl (C=O) groups is 1. The van der Waals surface area contributed by atoms with E-state index in [1.807, 2.05) is 21.8 Å². The van der Waals surface area contributed by atoms with E-state index in [1.54, 1.807) is 6.20 Å². The molecule has 0 aliphatic carbocycles. The van der Waals surface area contributed by atoms with Crippen molar-refractivity contribution in [3.63, 3.8) is 0 Å². The van der Waals surface area contributed by atoms with Gasteiger partial charge in [0.25, 0.3) is 0 Å². The summed E-state index contributed by atoms with van der Waals surface area (Å²) in [5, 5.41) is 4.15. The van der Waals surface area contributed by atoms with Gasteiger partial charge in [-0.25, -0.2) is 0 Å². The summed E-state index contributed by atoms with van der Waals surface area (Å²) in [4.78, 5) is 13.7. The molecule has 0 bridgehead atoms. The van der Waals surface area contributed by atoms with Gasteiger partial charge in [0, 0.05) is 31.4 Å². The van der Waals surface area contributed by atoms with E-state index in [2.05, 4.69) is 12.0 Å². The SMILES string of the molecule is CC(Cn1cccn1)N1CC(CN)CC1=O. The van der Waals surface area contributed by atoms with Gasteiger partial charge in [0.15, 0.2) is 0 Å². The molecule has 2 unspecified atom stereocenters. The van der Waals surface area contributed by atoms with E-state index in [1.165, 1.54) is 0 Å². The lowest BCUT2D eigenvalue weighted by molar-refractivity contribution is -0.129. The van der Waals surface area contributed by atoms with E-state index in [0.717, 1.165) is 13.1 Å². The number of nitrogens with zero attached hydrogens (tertiary/aromatic N) is 3. The van der Waals surface area contributed by atoms with Gasteiger partial charge in [0.05, 0.1) is 6.54 Å². The highest BCUT2D eigenvalue weighted by molar-refractivity contribution is 5.78. The third-order valence-corrected chi connectivity index (χ3v) is 3.11. The molecule has 2 N–H and O–H groups in total. The molecule has 1 aromatic heterocycles. The Hall–Kier alpha value is -1.36. The Balaban J connectivity index is 1.95. The van der Waals surface area contributed by atoms with Crippen LogP contribution in [0.2, 0.25) is 0 Å². The number of likely N-dealkylation sites (tertiary alicyclic amines) is 1. The van der Waals surface area contributed by atoms with Crippen LogP contribution in [0.1, 0.15) is 13.3 Å². The van der Waals surface area contributed by atoms with Crippen molar-refractivity contribution in [2.45, 2.75) is 25.9 Å². The van der Waals surface area contributed by atoms with Crippen LogP contribution in [0.3, 0.4) is 0 Å². The largest absolute Gasteiger partial charge is 0.338 e. The van der Waals surface area contributed by atoms with Crippen LogP contribution in [0, 0.1) is 5.92 Å². The van der Waals surface area contributed by atoms with Crippen LogP contribution in [-0.2, 0) is 11.3 Å². The van der Waals surface area contributed by atoms with Crippen LogP contribution in [0.15, 0.2) is 18.5 Å². The van der Waals surface area contributed by atoms with Gasteiger partial charge in [0.1, 0.15) is 0 Å². The summed E-state index contributed by atoms with van der Waals surface area (Å²) in [6, 6.07) is 2.07. The Morgan fingerprint density at radius 3 is 3.06 bits per heavy atom. The molecule has 0 radical (unpaired) electrons. The predicted molar refractivity (Wildman–Crippen MR) is 60.6 cm³/mol. The van der Waals surface area contributed by atoms with Crippen LogP contribution < -0.4 is 5.73 Å². The molecule has 1 aliphatic rings. The molecule has 2 heterocycles. The molecule has 1 aromatic rings. The standard InChI is InChI=1S/C11H18N4O/c1-9(7-14-4-2-3-13-14)15-8-10(6-12)5-11(15)16/h2-4,9-10H,5-8,12H2,1H3. The number of amides is 1. The third kappa shape index (κ3) is 2.24. The summed E-state index contributed by atoms with van der Waals surface area (Å²) in [5.41, 5.74) is 5.60. The highest BCUT2D eigenvalue weighted by Gasteiger charge is 2.31. The minimum Gasteiger partial charge on any atom is -0.338 e. The topological polar surface area (TPSA) is 64.2 Å². The molecule has 5 nitrogen and oxygen atoms in total. The van der Waals surface area contributed by atoms with E-state index in [-0.39, 0.29) is 11.9 Å². The molecule has 1 aliphatic heterocycles. The number of nitrogens with two attached hydrogens (primary N) is 1. The molecule has 1 saturated heterocycles. The maximum Gasteiger partial charge on any atom is 0.223 e. The van der Waals surface area contributed by atoms with Gasteiger partial charge < -0.3 is 10.6 Å². The zero-order valence-electron chi connectivity index (χ0n) is 9.54. The maximum absolute atomic E-state index is 11.8. The van der Waals surface area contributed by atoms with E-state index < -0.39 is 0 Å². The molecule has 2 atom stereocenters. The first kappa shape index (κ1) is 11.1. The van der Waals surface area contributed by atoms with Crippen molar-refractivity contribution in [3.8, 4) is 0 Å². The lowest BCUT2D eigenvalue weighted by atomic mass is 10.1. The second-order valence-electron chi connectivity index (χ2n) is 4.43. The molecule has 16 heavy (non-hydrogen) atoms. The second-order valence-corrected chi connectivity index (χ2v) is 4.43. The Kier molecular flexibility index (Phi) is 3.24. The van der Waals surface area contributed by atoms with Crippen molar-refractivity contribution in [2.75, 3.05) is 13.1 Å². The molecular formula is C11H18N4O. The first-order valence-electron chi connectivity index (χ1n) is 5.67. The summed E-state index contributed by atoms with van der Waals surface area (Å²) in [5.74, 6) is 0.544. The van der Waals surface area contributed by atoms with Crippen molar-refractivity contribution >= 4 is 5.91 Å². The third-order valence-electron chi connectivity index (χ3n) is 3.11. The van der Waals surface area contributed by atoms with Gasteiger partial charge in [-0.3, -0.25) is 9.48 Å². The van der Waals surface area contributed by atoms with Crippen LogP contribution in [-0.4, -0.2) is 39.7 Å². The predicted octanol–water partition coefficient (Wildman–Crippen LogP) is 0.0788. The van der Waals surface area contributed by atoms with E-state index in [9.17, 15) is 4.79 Å². The maximum atomic E-state index is 11.8. The van der Waals surface area contributed by atoms with Crippen molar-refractivity contribution in [2.24, 2.45) is 11.7 Å². The zero-order chi connectivity index (χ0) is 11.5. The summed E-state index contributed by atoms with van der Waals surface area (Å²) < 4.78 is 1.85. The minimum atomic E-state index is 0.184. The lowest BCUT2D eigenvalue weighted by Gasteiger charge is -2.24. The smallest absolute Gasteiger partial charge is 0.223 e. The Morgan fingerprint density at radius 2 is 2.50 bits per heavy atom. The van der Waals surface area contributed by atoms with Gasteiger partial charge in [-0.1, -0.05) is 0 Å². The number of carbonyl (C=O) groups excluding carboxylic acids is 1. The molecule has 0 aromatic carbocycles. The van der Waals surface area contributed by atoms with Crippen LogP contribution >= 0.6 is 0 Å². The molecule has 88 valence electrons. The quantitative estimate of drug-likeness (QED) is 0.784. The summed E-state index contributed by atoms with van der Waals surface area (Å²) >= 11 is 0. The average Bonchev–Trinajstić information content (AvgIpc) is 2.87. The summed E-state index contributed by atoms with van der Waals surface area (Å²) in [6.07, 6.45) is 4.26. The first-order valence-corrected chi connectivity index (χ1v) is 5.67. The Morgan fingerprint density at radius 1 is 1.69 bits per heavy atom. The van der Waals surface area contributed by atoms with Gasteiger partial charge in [-0.2, -0.15) is 5.10 Å². The summed E-state index contributed by atoms with van der Waals surface area (Å²) in [7, 11) is 0. The van der Waals surface area contributed by atoms with Gasteiger partial charge in [-0.15, -0.1) is 0 Å². The molecule has 0 spiro atoms. The molecular weight excluding hydrogens is 204 g/mol. The molecule has 5 heteroatoms. The zero-order valence-corrected chi connectivity index (χ0v) is 9.54. The number of hydrogen-bond donors (Lipinski definition) is 1. The van der Waals surface area contributed by atoms with Gasteiger partial charge >= 0.3 is 0 Å². The number of rotatable bonds is 4. The van der Waals surface area contributed by atoms with Crippen LogP contribution in [0.4, 0.5) is 0 Å². The highest BCUT2D eigenvalue weighted by Crippen LogP contribution is 2.19. The normalized spacial score (nSPS) is 22.8. The fraction of sp³-hybridized carbons (Fsp3) is 0.636. The van der Waals surface area contributed by atoms with E-state index >= 15 is 0 Å². The van der Waals surface area contributed by atoms with Crippen molar-refractivity contribution in [1.29, 1.82) is 0 Å². The van der Waals surface area contributed by atoms with Crippen LogP contribution in [0.25, 0.3) is 0 Å². The molecule has 0 saturated carbocycles. The molecule has 1 amide bonds. The first-order chi connectivity index (χ1) is 7.70. The average molecular weight is 222 g/mol. The van der Waals surface area contributed by atoms with Crippen molar-refractivity contribution in [3.05, 3.63) is 18.5 Å². The van der Waals surface area contributed by atoms with E-state index in [4.69, 9.17) is 5.73 Å². The van der Waals surface area contributed by atoms with Crippen LogP contribution in [0.5, 0.6) is 0 Å². The fourth-order valence-corrected chi connectivity index (χ4v) is 2.17. The number of hydrogen-bond acceptors (Lipinski definition) is 3. The number of aromatic nitrogens is 2. The van der Waals surface area contributed by atoms with Gasteiger partial charge in [-0.05, 0) is 25.5 Å². The molecule has 2 rings (SSSR count). The monoisotopic (exact) mass is 222 g/mol. The molecule has 1 fully saturated rings. The van der Waals surface area contributed by atoms with Crippen molar-refractivity contribution in [1.82, 2.24) is 14.7 Å². The second kappa shape index (κ2) is 4.65.